The van der Waals surface area contributed by atoms with Crippen molar-refractivity contribution < 1.29 is 18.7 Å². The number of carbonyl (C=O) groups excluding carboxylic acids is 1. The molecule has 25 heavy (non-hydrogen) atoms. The van der Waals surface area contributed by atoms with E-state index in [0.717, 1.165) is 22.1 Å². The first-order valence-electron chi connectivity index (χ1n) is 7.87. The first kappa shape index (κ1) is 16.8. The number of fused-ring (bicyclic) bond motifs is 1. The Morgan fingerprint density at radius 2 is 1.80 bits per heavy atom. The molecule has 5 nitrogen and oxygen atoms in total. The van der Waals surface area contributed by atoms with Gasteiger partial charge in [0.25, 0.3) is 0 Å². The highest BCUT2D eigenvalue weighted by Gasteiger charge is 2.10. The smallest absolute Gasteiger partial charge is 0.349 e. The van der Waals surface area contributed by atoms with E-state index < -0.39 is 11.6 Å². The minimum atomic E-state index is -0.532. The summed E-state index contributed by atoms with van der Waals surface area (Å²) < 4.78 is 15.9. The Bertz CT molecular complexity index is 1000. The van der Waals surface area contributed by atoms with Crippen molar-refractivity contribution in [2.24, 2.45) is 0 Å². The van der Waals surface area contributed by atoms with E-state index in [0.29, 0.717) is 17.1 Å². The Kier molecular flexibility index (Phi) is 4.57. The molecule has 5 heteroatoms. The maximum Gasteiger partial charge on any atom is 0.349 e. The Labute approximate surface area is 144 Å². The second kappa shape index (κ2) is 6.81. The number of esters is 1. The van der Waals surface area contributed by atoms with Gasteiger partial charge in [0, 0.05) is 17.5 Å². The van der Waals surface area contributed by atoms with Crippen molar-refractivity contribution in [3.05, 3.63) is 69.6 Å². The standard InChI is InChI=1S/C20H18O5/c1-12-4-5-13(2)17(8-12)23-11-20(22)24-15-6-7-16-14(3)9-19(21)25-18(16)10-15/h4-10H,11H2,1-3H3. The highest BCUT2D eigenvalue weighted by atomic mass is 16.6. The number of carbonyl (C=O) groups is 1. The number of hydrogen-bond acceptors (Lipinski definition) is 5. The van der Waals surface area contributed by atoms with Gasteiger partial charge in [-0.2, -0.15) is 0 Å². The molecule has 0 saturated carbocycles. The molecule has 0 unspecified atom stereocenters. The van der Waals surface area contributed by atoms with Gasteiger partial charge in [-0.1, -0.05) is 12.1 Å². The minimum absolute atomic E-state index is 0.208. The molecule has 0 aliphatic rings. The lowest BCUT2D eigenvalue weighted by atomic mass is 10.1. The van der Waals surface area contributed by atoms with Crippen LogP contribution in [0.4, 0.5) is 0 Å². The quantitative estimate of drug-likeness (QED) is 0.412. The van der Waals surface area contributed by atoms with Crippen molar-refractivity contribution >= 4 is 16.9 Å². The molecule has 0 saturated heterocycles. The van der Waals surface area contributed by atoms with E-state index in [1.54, 1.807) is 12.1 Å². The number of rotatable bonds is 4. The maximum absolute atomic E-state index is 12.0. The zero-order chi connectivity index (χ0) is 18.0. The van der Waals surface area contributed by atoms with Crippen LogP contribution < -0.4 is 15.1 Å². The summed E-state index contributed by atoms with van der Waals surface area (Å²) in [4.78, 5) is 23.5. The van der Waals surface area contributed by atoms with Crippen molar-refractivity contribution in [1.82, 2.24) is 0 Å². The third kappa shape index (κ3) is 3.88. The SMILES string of the molecule is Cc1ccc(C)c(OCC(=O)Oc2ccc3c(C)cc(=O)oc3c2)c1. The molecule has 3 aromatic rings. The lowest BCUT2D eigenvalue weighted by molar-refractivity contribution is -0.136. The number of ether oxygens (including phenoxy) is 2. The first-order chi connectivity index (χ1) is 11.9. The molecular weight excluding hydrogens is 320 g/mol. The first-order valence-corrected chi connectivity index (χ1v) is 7.87. The van der Waals surface area contributed by atoms with Crippen LogP contribution in [0.2, 0.25) is 0 Å². The van der Waals surface area contributed by atoms with E-state index in [1.807, 2.05) is 39.0 Å². The highest BCUT2D eigenvalue weighted by molar-refractivity contribution is 5.82. The number of hydrogen-bond donors (Lipinski definition) is 0. The summed E-state index contributed by atoms with van der Waals surface area (Å²) in [5, 5.41) is 0.797. The topological polar surface area (TPSA) is 65.7 Å². The summed E-state index contributed by atoms with van der Waals surface area (Å²) >= 11 is 0. The molecule has 0 N–H and O–H groups in total. The summed E-state index contributed by atoms with van der Waals surface area (Å²) in [6, 6.07) is 12.1. The van der Waals surface area contributed by atoms with Crippen molar-refractivity contribution in [3.8, 4) is 11.5 Å². The van der Waals surface area contributed by atoms with Gasteiger partial charge in [-0.15, -0.1) is 0 Å². The molecule has 0 radical (unpaired) electrons. The van der Waals surface area contributed by atoms with E-state index in [4.69, 9.17) is 13.9 Å². The van der Waals surface area contributed by atoms with Crippen LogP contribution >= 0.6 is 0 Å². The molecule has 2 aromatic carbocycles. The number of aryl methyl sites for hydroxylation is 3. The second-order valence-electron chi connectivity index (χ2n) is 5.94. The summed E-state index contributed by atoms with van der Waals surface area (Å²) in [5.74, 6) is 0.420. The van der Waals surface area contributed by atoms with Crippen LogP contribution in [0, 0.1) is 20.8 Å². The van der Waals surface area contributed by atoms with Gasteiger partial charge in [0.15, 0.2) is 6.61 Å². The molecule has 0 aliphatic carbocycles. The van der Waals surface area contributed by atoms with Gasteiger partial charge in [0.1, 0.15) is 17.1 Å². The van der Waals surface area contributed by atoms with E-state index in [-0.39, 0.29) is 6.61 Å². The van der Waals surface area contributed by atoms with Crippen molar-refractivity contribution in [1.29, 1.82) is 0 Å². The van der Waals surface area contributed by atoms with Crippen LogP contribution in [0.1, 0.15) is 16.7 Å². The Balaban J connectivity index is 1.71. The summed E-state index contributed by atoms with van der Waals surface area (Å²) in [7, 11) is 0. The third-order valence-corrected chi connectivity index (χ3v) is 3.84. The summed E-state index contributed by atoms with van der Waals surface area (Å²) in [6.07, 6.45) is 0. The van der Waals surface area contributed by atoms with Crippen LogP contribution in [0.15, 0.2) is 51.7 Å². The normalized spacial score (nSPS) is 10.7. The lowest BCUT2D eigenvalue weighted by Crippen LogP contribution is -2.18. The Morgan fingerprint density at radius 1 is 1.00 bits per heavy atom. The minimum Gasteiger partial charge on any atom is -0.482 e. The van der Waals surface area contributed by atoms with Gasteiger partial charge >= 0.3 is 11.6 Å². The van der Waals surface area contributed by atoms with Crippen LogP contribution in [0.3, 0.4) is 0 Å². The van der Waals surface area contributed by atoms with E-state index in [2.05, 4.69) is 0 Å². The van der Waals surface area contributed by atoms with Crippen molar-refractivity contribution in [3.63, 3.8) is 0 Å². The predicted octanol–water partition coefficient (Wildman–Crippen LogP) is 3.70. The van der Waals surface area contributed by atoms with Gasteiger partial charge in [0.05, 0.1) is 0 Å². The van der Waals surface area contributed by atoms with Crippen LogP contribution in [0.5, 0.6) is 11.5 Å². The van der Waals surface area contributed by atoms with Crippen molar-refractivity contribution in [2.75, 3.05) is 6.61 Å². The molecule has 0 spiro atoms. The van der Waals surface area contributed by atoms with Gasteiger partial charge in [0.2, 0.25) is 0 Å². The molecule has 0 bridgehead atoms. The molecular formula is C20H18O5. The van der Waals surface area contributed by atoms with Gasteiger partial charge in [-0.05, 0) is 55.7 Å². The van der Waals surface area contributed by atoms with Crippen LogP contribution in [-0.2, 0) is 4.79 Å². The Hall–Kier alpha value is -3.08. The molecule has 3 rings (SSSR count). The molecule has 0 amide bonds. The van der Waals surface area contributed by atoms with Crippen molar-refractivity contribution in [2.45, 2.75) is 20.8 Å². The zero-order valence-corrected chi connectivity index (χ0v) is 14.3. The molecule has 0 atom stereocenters. The zero-order valence-electron chi connectivity index (χ0n) is 14.3. The van der Waals surface area contributed by atoms with E-state index in [9.17, 15) is 9.59 Å². The number of benzene rings is 2. The monoisotopic (exact) mass is 338 g/mol. The second-order valence-corrected chi connectivity index (χ2v) is 5.94. The van der Waals surface area contributed by atoms with Gasteiger partial charge in [-0.3, -0.25) is 0 Å². The molecule has 1 heterocycles. The van der Waals surface area contributed by atoms with Gasteiger partial charge < -0.3 is 13.9 Å². The van der Waals surface area contributed by atoms with Crippen LogP contribution in [-0.4, -0.2) is 12.6 Å². The third-order valence-electron chi connectivity index (χ3n) is 3.84. The fraction of sp³-hybridized carbons (Fsp3) is 0.200. The largest absolute Gasteiger partial charge is 0.482 e. The fourth-order valence-corrected chi connectivity index (χ4v) is 2.53. The van der Waals surface area contributed by atoms with Crippen LogP contribution in [0.25, 0.3) is 11.0 Å². The van der Waals surface area contributed by atoms with Gasteiger partial charge in [-0.25, -0.2) is 9.59 Å². The lowest BCUT2D eigenvalue weighted by Gasteiger charge is -2.10. The fourth-order valence-electron chi connectivity index (χ4n) is 2.53. The maximum atomic E-state index is 12.0. The van der Waals surface area contributed by atoms with E-state index in [1.165, 1.54) is 12.1 Å². The summed E-state index contributed by atoms with van der Waals surface area (Å²) in [5.41, 5.74) is 2.75. The highest BCUT2D eigenvalue weighted by Crippen LogP contribution is 2.23. The molecule has 0 aliphatic heterocycles. The van der Waals surface area contributed by atoms with E-state index >= 15 is 0 Å². The Morgan fingerprint density at radius 3 is 2.60 bits per heavy atom. The average molecular weight is 338 g/mol. The molecule has 0 fully saturated rings. The molecule has 1 aromatic heterocycles. The summed E-state index contributed by atoms with van der Waals surface area (Å²) in [6.45, 7) is 5.48. The predicted molar refractivity (Wildman–Crippen MR) is 94.3 cm³/mol. The molecule has 128 valence electrons. The average Bonchev–Trinajstić information content (AvgIpc) is 2.55.